The molecule has 0 radical (unpaired) electrons. The molecule has 1 N–H and O–H groups in total. The summed E-state index contributed by atoms with van der Waals surface area (Å²) in [6, 6.07) is 2.29. The number of hydrogen-bond acceptors (Lipinski definition) is 6. The number of aromatic nitrogens is 2. The molecule has 0 unspecified atom stereocenters. The van der Waals surface area contributed by atoms with Crippen molar-refractivity contribution in [2.45, 2.75) is 11.4 Å². The zero-order valence-electron chi connectivity index (χ0n) is 14.2. The molecule has 0 bridgehead atoms. The Balaban J connectivity index is 2.14. The molecule has 13 heteroatoms. The molecule has 27 heavy (non-hydrogen) atoms. The number of sulfonamides is 1. The standard InChI is InChI=1S/C14H15Cl2N5O5S/c1-19(2)27(25,26)13-5-10(11(15)6-12(13)16)14(22)17-3-4-20-8-9(7-18-20)21(23)24/h5-8H,3-4H2,1-2H3,(H,17,22). The van der Waals surface area contributed by atoms with Crippen LogP contribution in [-0.2, 0) is 16.6 Å². The summed E-state index contributed by atoms with van der Waals surface area (Å²) >= 11 is 12.0. The molecule has 1 aromatic carbocycles. The van der Waals surface area contributed by atoms with Crippen molar-refractivity contribution >= 4 is 44.8 Å². The third-order valence-electron chi connectivity index (χ3n) is 3.48. The number of benzene rings is 1. The summed E-state index contributed by atoms with van der Waals surface area (Å²) in [5.74, 6) is -0.617. The first-order valence-electron chi connectivity index (χ1n) is 7.40. The van der Waals surface area contributed by atoms with Crippen LogP contribution in [0.1, 0.15) is 10.4 Å². The Labute approximate surface area is 164 Å². The fourth-order valence-electron chi connectivity index (χ4n) is 2.05. The molecule has 0 saturated carbocycles. The molecule has 146 valence electrons. The third kappa shape index (κ3) is 4.75. The number of nitrogens with one attached hydrogen (secondary N) is 1. The van der Waals surface area contributed by atoms with Crippen LogP contribution in [0.25, 0.3) is 0 Å². The van der Waals surface area contributed by atoms with E-state index in [1.54, 1.807) is 0 Å². The highest BCUT2D eigenvalue weighted by Crippen LogP contribution is 2.30. The van der Waals surface area contributed by atoms with E-state index in [4.69, 9.17) is 23.2 Å². The lowest BCUT2D eigenvalue weighted by molar-refractivity contribution is -0.385. The lowest BCUT2D eigenvalue weighted by Gasteiger charge is -2.15. The van der Waals surface area contributed by atoms with Crippen LogP contribution >= 0.6 is 23.2 Å². The third-order valence-corrected chi connectivity index (χ3v) is 6.07. The summed E-state index contributed by atoms with van der Waals surface area (Å²) in [5.41, 5.74) is -0.228. The van der Waals surface area contributed by atoms with Crippen LogP contribution in [0, 0.1) is 10.1 Å². The predicted octanol–water partition coefficient (Wildman–Crippen LogP) is 1.78. The van der Waals surface area contributed by atoms with Gasteiger partial charge in [0.1, 0.15) is 17.3 Å². The average molecular weight is 436 g/mol. The van der Waals surface area contributed by atoms with E-state index >= 15 is 0 Å². The Morgan fingerprint density at radius 3 is 2.56 bits per heavy atom. The molecule has 0 spiro atoms. The molecule has 0 aliphatic heterocycles. The fourth-order valence-corrected chi connectivity index (χ4v) is 3.77. The molecule has 0 saturated heterocycles. The summed E-state index contributed by atoms with van der Waals surface area (Å²) in [6.07, 6.45) is 2.32. The number of nitrogens with zero attached hydrogens (tertiary/aromatic N) is 4. The van der Waals surface area contributed by atoms with E-state index in [-0.39, 0.29) is 39.3 Å². The highest BCUT2D eigenvalue weighted by atomic mass is 35.5. The number of hydrogen-bond donors (Lipinski definition) is 1. The lowest BCUT2D eigenvalue weighted by atomic mass is 10.2. The van der Waals surface area contributed by atoms with Crippen LogP contribution in [0.15, 0.2) is 29.4 Å². The van der Waals surface area contributed by atoms with Crippen molar-refractivity contribution in [3.05, 3.63) is 50.2 Å². The van der Waals surface area contributed by atoms with Crippen LogP contribution in [-0.4, -0.2) is 54.0 Å². The zero-order chi connectivity index (χ0) is 20.4. The van der Waals surface area contributed by atoms with Gasteiger partial charge in [-0.3, -0.25) is 19.6 Å². The molecule has 0 fully saturated rings. The van der Waals surface area contributed by atoms with E-state index in [1.165, 1.54) is 31.0 Å². The topological polar surface area (TPSA) is 127 Å². The van der Waals surface area contributed by atoms with Gasteiger partial charge in [0, 0.05) is 20.6 Å². The van der Waals surface area contributed by atoms with Gasteiger partial charge >= 0.3 is 5.69 Å². The first-order chi connectivity index (χ1) is 12.5. The number of carbonyl (C=O) groups is 1. The van der Waals surface area contributed by atoms with Crippen molar-refractivity contribution in [1.82, 2.24) is 19.4 Å². The first kappa shape index (κ1) is 21.1. The van der Waals surface area contributed by atoms with Crippen molar-refractivity contribution in [3.8, 4) is 0 Å². The molecule has 0 atom stereocenters. The van der Waals surface area contributed by atoms with Gasteiger partial charge in [0.2, 0.25) is 10.0 Å². The van der Waals surface area contributed by atoms with Gasteiger partial charge in [-0.1, -0.05) is 23.2 Å². The molecule has 1 aromatic heterocycles. The van der Waals surface area contributed by atoms with Gasteiger partial charge in [0.25, 0.3) is 5.91 Å². The van der Waals surface area contributed by atoms with E-state index in [1.807, 2.05) is 0 Å². The molecule has 2 rings (SSSR count). The molecule has 2 aromatic rings. The van der Waals surface area contributed by atoms with Crippen molar-refractivity contribution in [3.63, 3.8) is 0 Å². The largest absolute Gasteiger partial charge is 0.350 e. The van der Waals surface area contributed by atoms with E-state index < -0.39 is 20.9 Å². The van der Waals surface area contributed by atoms with Gasteiger partial charge in [-0.25, -0.2) is 12.7 Å². The minimum absolute atomic E-state index is 0.00932. The predicted molar refractivity (Wildman–Crippen MR) is 98.5 cm³/mol. The first-order valence-corrected chi connectivity index (χ1v) is 9.60. The lowest BCUT2D eigenvalue weighted by Crippen LogP contribution is -2.28. The maximum absolute atomic E-state index is 12.3. The summed E-state index contributed by atoms with van der Waals surface area (Å²) in [7, 11) is -1.19. The maximum atomic E-state index is 12.3. The molecular formula is C14H15Cl2N5O5S. The van der Waals surface area contributed by atoms with Crippen molar-refractivity contribution < 1.29 is 18.1 Å². The molecular weight excluding hydrogens is 421 g/mol. The molecule has 0 aliphatic rings. The van der Waals surface area contributed by atoms with E-state index in [2.05, 4.69) is 10.4 Å². The Bertz CT molecular complexity index is 990. The van der Waals surface area contributed by atoms with Gasteiger partial charge in [0.15, 0.2) is 0 Å². The molecule has 1 heterocycles. The second kappa shape index (κ2) is 8.21. The Morgan fingerprint density at radius 2 is 2.00 bits per heavy atom. The van der Waals surface area contributed by atoms with E-state index in [0.29, 0.717) is 0 Å². The highest BCUT2D eigenvalue weighted by Gasteiger charge is 2.24. The van der Waals surface area contributed by atoms with Gasteiger partial charge in [0.05, 0.1) is 27.1 Å². The molecule has 1 amide bonds. The summed E-state index contributed by atoms with van der Waals surface area (Å²) in [6.45, 7) is 0.264. The Hall–Kier alpha value is -2.21. The average Bonchev–Trinajstić information content (AvgIpc) is 3.03. The van der Waals surface area contributed by atoms with Crippen molar-refractivity contribution in [2.75, 3.05) is 20.6 Å². The van der Waals surface area contributed by atoms with Gasteiger partial charge in [-0.2, -0.15) is 5.10 Å². The number of amides is 1. The molecule has 10 nitrogen and oxygen atoms in total. The summed E-state index contributed by atoms with van der Waals surface area (Å²) < 4.78 is 26.9. The van der Waals surface area contributed by atoms with E-state index in [9.17, 15) is 23.3 Å². The van der Waals surface area contributed by atoms with E-state index in [0.717, 1.165) is 16.6 Å². The summed E-state index contributed by atoms with van der Waals surface area (Å²) in [5, 5.41) is 16.8. The minimum atomic E-state index is -3.86. The molecule has 0 aliphatic carbocycles. The smallest absolute Gasteiger partial charge is 0.306 e. The van der Waals surface area contributed by atoms with Crippen molar-refractivity contribution in [2.24, 2.45) is 0 Å². The maximum Gasteiger partial charge on any atom is 0.306 e. The SMILES string of the molecule is CN(C)S(=O)(=O)c1cc(C(=O)NCCn2cc([N+](=O)[O-])cn2)c(Cl)cc1Cl. The van der Waals surface area contributed by atoms with Gasteiger partial charge < -0.3 is 5.32 Å². The van der Waals surface area contributed by atoms with Gasteiger partial charge in [-0.15, -0.1) is 0 Å². The van der Waals surface area contributed by atoms with Gasteiger partial charge in [-0.05, 0) is 12.1 Å². The van der Waals surface area contributed by atoms with Crippen LogP contribution in [0.3, 0.4) is 0 Å². The van der Waals surface area contributed by atoms with Crippen LogP contribution in [0.2, 0.25) is 10.0 Å². The zero-order valence-corrected chi connectivity index (χ0v) is 16.5. The minimum Gasteiger partial charge on any atom is -0.350 e. The van der Waals surface area contributed by atoms with Crippen LogP contribution in [0.5, 0.6) is 0 Å². The Kier molecular flexibility index (Phi) is 6.42. The number of rotatable bonds is 7. The van der Waals surface area contributed by atoms with Crippen molar-refractivity contribution in [1.29, 1.82) is 0 Å². The van der Waals surface area contributed by atoms with Crippen LogP contribution < -0.4 is 5.32 Å². The van der Waals surface area contributed by atoms with Crippen LogP contribution in [0.4, 0.5) is 5.69 Å². The number of nitro groups is 1. The fraction of sp³-hybridized carbons (Fsp3) is 0.286. The summed E-state index contributed by atoms with van der Waals surface area (Å²) in [4.78, 5) is 22.1. The monoisotopic (exact) mass is 435 g/mol. The Morgan fingerprint density at radius 1 is 1.33 bits per heavy atom. The quantitative estimate of drug-likeness (QED) is 0.521. The second-order valence-corrected chi connectivity index (χ2v) is 8.46. The second-order valence-electron chi connectivity index (χ2n) is 5.52. The normalized spacial score (nSPS) is 11.6. The number of halogens is 2. The number of carbonyl (C=O) groups excluding carboxylic acids is 1. The highest BCUT2D eigenvalue weighted by molar-refractivity contribution is 7.89.